The Morgan fingerprint density at radius 3 is 2.21 bits per heavy atom. The number of hydrogen-bond donors (Lipinski definition) is 4. The van der Waals surface area contributed by atoms with Crippen LogP contribution in [-0.2, 0) is 30.5 Å². The first-order valence-electron chi connectivity index (χ1n) is 8.91. The van der Waals surface area contributed by atoms with Gasteiger partial charge in [0.05, 0.1) is 12.5 Å². The Morgan fingerprint density at radius 2 is 1.66 bits per heavy atom. The normalized spacial score (nSPS) is 13.4. The predicted molar refractivity (Wildman–Crippen MR) is 101 cm³/mol. The molecule has 1 rings (SSSR count). The number of ether oxygens (including phenoxy) is 1. The maximum atomic E-state index is 12.2. The van der Waals surface area contributed by atoms with Gasteiger partial charge >= 0.3 is 12.1 Å². The Hall–Kier alpha value is -3.43. The number of rotatable bonds is 11. The van der Waals surface area contributed by atoms with E-state index < -0.39 is 54.1 Å². The highest BCUT2D eigenvalue weighted by molar-refractivity contribution is 5.93. The average Bonchev–Trinajstić information content (AvgIpc) is 2.65. The topological polar surface area (TPSA) is 165 Å². The smallest absolute Gasteiger partial charge is 0.408 e. The SMILES string of the molecule is C[C@H](CC(=O)[C@H](C)NC(=O)OCc1ccccc1)C(=O)N[C@@H](CC(N)=O)C(=O)O. The van der Waals surface area contributed by atoms with Gasteiger partial charge in [0, 0.05) is 12.3 Å². The molecule has 0 aliphatic rings. The largest absolute Gasteiger partial charge is 0.480 e. The number of ketones is 1. The van der Waals surface area contributed by atoms with Crippen LogP contribution >= 0.6 is 0 Å². The van der Waals surface area contributed by atoms with Crippen LogP contribution in [-0.4, -0.2) is 46.9 Å². The van der Waals surface area contributed by atoms with E-state index in [1.807, 2.05) is 6.07 Å². The van der Waals surface area contributed by atoms with Crippen molar-refractivity contribution in [2.24, 2.45) is 11.7 Å². The number of carbonyl (C=O) groups is 5. The van der Waals surface area contributed by atoms with Crippen LogP contribution in [0.25, 0.3) is 0 Å². The summed E-state index contributed by atoms with van der Waals surface area (Å²) in [5.74, 6) is -4.32. The van der Waals surface area contributed by atoms with Crippen LogP contribution in [0.1, 0.15) is 32.3 Å². The Kier molecular flexibility index (Phi) is 9.30. The van der Waals surface area contributed by atoms with Gasteiger partial charge in [-0.05, 0) is 12.5 Å². The molecule has 0 fully saturated rings. The fourth-order valence-corrected chi connectivity index (χ4v) is 2.31. The van der Waals surface area contributed by atoms with E-state index in [1.165, 1.54) is 13.8 Å². The number of hydrogen-bond acceptors (Lipinski definition) is 6. The second-order valence-corrected chi connectivity index (χ2v) is 6.57. The summed E-state index contributed by atoms with van der Waals surface area (Å²) in [6, 6.07) is 6.61. The molecule has 0 unspecified atom stereocenters. The quantitative estimate of drug-likeness (QED) is 0.410. The lowest BCUT2D eigenvalue weighted by Gasteiger charge is -2.18. The third kappa shape index (κ3) is 8.87. The molecule has 0 spiro atoms. The van der Waals surface area contributed by atoms with Crippen molar-refractivity contribution in [3.05, 3.63) is 35.9 Å². The van der Waals surface area contributed by atoms with E-state index in [0.717, 1.165) is 5.56 Å². The molecule has 0 aromatic heterocycles. The van der Waals surface area contributed by atoms with Crippen LogP contribution in [0, 0.1) is 5.92 Å². The molecule has 29 heavy (non-hydrogen) atoms. The number of Topliss-reactive ketones (excluding diaryl/α,β-unsaturated/α-hetero) is 1. The van der Waals surface area contributed by atoms with E-state index in [4.69, 9.17) is 15.6 Å². The second kappa shape index (κ2) is 11.4. The number of carboxylic acid groups (broad SMARTS) is 1. The first kappa shape index (κ1) is 23.6. The number of nitrogens with one attached hydrogen (secondary N) is 2. The van der Waals surface area contributed by atoms with Crippen molar-refractivity contribution in [2.45, 2.75) is 45.4 Å². The maximum Gasteiger partial charge on any atom is 0.408 e. The number of benzene rings is 1. The standard InChI is InChI=1S/C19H25N3O7/c1-11(17(25)22-14(18(26)27)9-16(20)24)8-15(23)12(2)21-19(28)29-10-13-6-4-3-5-7-13/h3-7,11-12,14H,8-10H2,1-2H3,(H2,20,24)(H,21,28)(H,22,25)(H,26,27)/t11-,12+,14+/m1/s1. The molecule has 1 aromatic rings. The summed E-state index contributed by atoms with van der Waals surface area (Å²) < 4.78 is 5.03. The molecule has 158 valence electrons. The van der Waals surface area contributed by atoms with E-state index in [1.54, 1.807) is 24.3 Å². The number of carbonyl (C=O) groups excluding carboxylic acids is 4. The molecular formula is C19H25N3O7. The molecular weight excluding hydrogens is 382 g/mol. The predicted octanol–water partition coefficient (Wildman–Crippen LogP) is 0.341. The minimum atomic E-state index is -1.47. The van der Waals surface area contributed by atoms with Gasteiger partial charge in [-0.2, -0.15) is 0 Å². The van der Waals surface area contributed by atoms with Crippen LogP contribution in [0.15, 0.2) is 30.3 Å². The molecule has 3 atom stereocenters. The van der Waals surface area contributed by atoms with E-state index >= 15 is 0 Å². The summed E-state index contributed by atoms with van der Waals surface area (Å²) in [6.45, 7) is 2.92. The Bertz CT molecular complexity index is 751. The van der Waals surface area contributed by atoms with Crippen molar-refractivity contribution >= 4 is 29.7 Å². The highest BCUT2D eigenvalue weighted by Gasteiger charge is 2.27. The van der Waals surface area contributed by atoms with Gasteiger partial charge < -0.3 is 26.2 Å². The zero-order chi connectivity index (χ0) is 22.0. The lowest BCUT2D eigenvalue weighted by molar-refractivity contribution is -0.144. The van der Waals surface area contributed by atoms with Crippen LogP contribution in [0.4, 0.5) is 4.79 Å². The first-order valence-corrected chi connectivity index (χ1v) is 8.91. The summed E-state index contributed by atoms with van der Waals surface area (Å²) >= 11 is 0. The lowest BCUT2D eigenvalue weighted by atomic mass is 9.99. The first-order chi connectivity index (χ1) is 13.6. The number of amides is 3. The van der Waals surface area contributed by atoms with E-state index in [-0.39, 0.29) is 13.0 Å². The van der Waals surface area contributed by atoms with Crippen molar-refractivity contribution in [1.82, 2.24) is 10.6 Å². The number of aliphatic carboxylic acids is 1. The third-order valence-electron chi connectivity index (χ3n) is 4.00. The Labute approximate surface area is 167 Å². The summed E-state index contributed by atoms with van der Waals surface area (Å²) in [5.41, 5.74) is 5.74. The molecule has 5 N–H and O–H groups in total. The van der Waals surface area contributed by atoms with Gasteiger partial charge in [-0.1, -0.05) is 37.3 Å². The summed E-state index contributed by atoms with van der Waals surface area (Å²) in [5, 5.41) is 13.6. The van der Waals surface area contributed by atoms with Crippen molar-refractivity contribution in [3.8, 4) is 0 Å². The van der Waals surface area contributed by atoms with E-state index in [2.05, 4.69) is 10.6 Å². The van der Waals surface area contributed by atoms with Crippen LogP contribution in [0.2, 0.25) is 0 Å². The summed E-state index contributed by atoms with van der Waals surface area (Å²) in [4.78, 5) is 58.1. The zero-order valence-corrected chi connectivity index (χ0v) is 16.2. The third-order valence-corrected chi connectivity index (χ3v) is 4.00. The molecule has 0 saturated heterocycles. The number of nitrogens with two attached hydrogens (primary N) is 1. The summed E-state index contributed by atoms with van der Waals surface area (Å²) in [6.07, 6.45) is -1.58. The van der Waals surface area contributed by atoms with Crippen LogP contribution in [0.3, 0.4) is 0 Å². The Morgan fingerprint density at radius 1 is 1.03 bits per heavy atom. The van der Waals surface area contributed by atoms with Crippen molar-refractivity contribution in [3.63, 3.8) is 0 Å². The molecule has 0 saturated carbocycles. The second-order valence-electron chi connectivity index (χ2n) is 6.57. The number of carboxylic acids is 1. The molecule has 10 heteroatoms. The molecule has 0 bridgehead atoms. The molecule has 0 aliphatic heterocycles. The van der Waals surface area contributed by atoms with Gasteiger partial charge in [-0.25, -0.2) is 9.59 Å². The van der Waals surface area contributed by atoms with Gasteiger partial charge in [0.15, 0.2) is 5.78 Å². The number of primary amides is 1. The average molecular weight is 407 g/mol. The van der Waals surface area contributed by atoms with Gasteiger partial charge in [-0.15, -0.1) is 0 Å². The fourth-order valence-electron chi connectivity index (χ4n) is 2.31. The maximum absolute atomic E-state index is 12.2. The van der Waals surface area contributed by atoms with E-state index in [0.29, 0.717) is 0 Å². The molecule has 10 nitrogen and oxygen atoms in total. The van der Waals surface area contributed by atoms with E-state index in [9.17, 15) is 24.0 Å². The van der Waals surface area contributed by atoms with Crippen molar-refractivity contribution < 1.29 is 33.8 Å². The molecule has 1 aromatic carbocycles. The fraction of sp³-hybridized carbons (Fsp3) is 0.421. The van der Waals surface area contributed by atoms with Gasteiger partial charge in [0.25, 0.3) is 0 Å². The summed E-state index contributed by atoms with van der Waals surface area (Å²) in [7, 11) is 0. The van der Waals surface area contributed by atoms with Gasteiger partial charge in [0.2, 0.25) is 11.8 Å². The molecule has 0 aliphatic carbocycles. The monoisotopic (exact) mass is 407 g/mol. The van der Waals surface area contributed by atoms with Crippen molar-refractivity contribution in [1.29, 1.82) is 0 Å². The zero-order valence-electron chi connectivity index (χ0n) is 16.2. The molecule has 0 radical (unpaired) electrons. The number of alkyl carbamates (subject to hydrolysis) is 1. The van der Waals surface area contributed by atoms with Gasteiger partial charge in [-0.3, -0.25) is 14.4 Å². The van der Waals surface area contributed by atoms with Gasteiger partial charge in [0.1, 0.15) is 12.6 Å². The molecule has 0 heterocycles. The van der Waals surface area contributed by atoms with Crippen LogP contribution < -0.4 is 16.4 Å². The Balaban J connectivity index is 2.47. The lowest BCUT2D eigenvalue weighted by Crippen LogP contribution is -2.46. The highest BCUT2D eigenvalue weighted by Crippen LogP contribution is 2.07. The van der Waals surface area contributed by atoms with Crippen molar-refractivity contribution in [2.75, 3.05) is 0 Å². The minimum absolute atomic E-state index is 0.0445. The molecule has 3 amide bonds. The highest BCUT2D eigenvalue weighted by atomic mass is 16.5. The van der Waals surface area contributed by atoms with Crippen LogP contribution in [0.5, 0.6) is 0 Å². The minimum Gasteiger partial charge on any atom is -0.480 e.